The summed E-state index contributed by atoms with van der Waals surface area (Å²) in [6, 6.07) is 23.6. The molecule has 6 nitrogen and oxygen atoms in total. The lowest BCUT2D eigenvalue weighted by molar-refractivity contribution is 0.388. The molecule has 2 atom stereocenters. The van der Waals surface area contributed by atoms with Gasteiger partial charge in [-0.05, 0) is 29.8 Å². The van der Waals surface area contributed by atoms with E-state index >= 15 is 0 Å². The van der Waals surface area contributed by atoms with Gasteiger partial charge in [-0.25, -0.2) is 4.98 Å². The minimum atomic E-state index is -0.224. The Morgan fingerprint density at radius 3 is 2.47 bits per heavy atom. The van der Waals surface area contributed by atoms with Gasteiger partial charge in [0.15, 0.2) is 0 Å². The van der Waals surface area contributed by atoms with Crippen LogP contribution in [0.5, 0.6) is 11.5 Å². The number of hydrogen-bond acceptors (Lipinski definition) is 5. The molecule has 5 rings (SSSR count). The topological polar surface area (TPSA) is 72.2 Å². The first kappa shape index (κ1) is 18.2. The maximum absolute atomic E-state index is 9.17. The first-order valence-electron chi connectivity index (χ1n) is 9.81. The van der Waals surface area contributed by atoms with Gasteiger partial charge in [0.05, 0.1) is 37.2 Å². The van der Waals surface area contributed by atoms with Gasteiger partial charge < -0.3 is 14.8 Å². The normalized spacial score (nSPS) is 18.0. The predicted molar refractivity (Wildman–Crippen MR) is 118 cm³/mol. The summed E-state index contributed by atoms with van der Waals surface area (Å²) in [6.07, 6.45) is 0. The van der Waals surface area contributed by atoms with Crippen molar-refractivity contribution in [1.29, 1.82) is 5.41 Å². The average Bonchev–Trinajstić information content (AvgIpc) is 3.17. The van der Waals surface area contributed by atoms with Crippen molar-refractivity contribution < 1.29 is 9.47 Å². The van der Waals surface area contributed by atoms with Crippen molar-refractivity contribution in [2.75, 3.05) is 19.5 Å². The van der Waals surface area contributed by atoms with Crippen molar-refractivity contribution in [1.82, 2.24) is 9.55 Å². The second-order valence-electron chi connectivity index (χ2n) is 7.26. The zero-order chi connectivity index (χ0) is 20.7. The molecule has 0 bridgehead atoms. The molecule has 6 heteroatoms. The second-order valence-corrected chi connectivity index (χ2v) is 7.26. The van der Waals surface area contributed by atoms with Crippen LogP contribution in [0.1, 0.15) is 23.1 Å². The average molecular weight is 398 g/mol. The van der Waals surface area contributed by atoms with Gasteiger partial charge in [-0.3, -0.25) is 9.98 Å². The van der Waals surface area contributed by atoms with Gasteiger partial charge in [0.25, 0.3) is 0 Å². The Hall–Kier alpha value is -3.80. The molecular formula is C24H22N4O2. The molecule has 0 amide bonds. The standard InChI is InChI=1S/C24H22N4O2/c1-29-16-12-13-17(20(14-16)30-2)22-21(15-8-4-3-5-9-15)23(25)28-19-11-7-6-10-18(19)26-24(28)27-22/h3-14,21-22,25H,1-2H3,(H,26,27). The zero-order valence-electron chi connectivity index (χ0n) is 16.8. The smallest absolute Gasteiger partial charge is 0.210 e. The number of nitrogens with one attached hydrogen (secondary N) is 2. The minimum Gasteiger partial charge on any atom is -0.497 e. The minimum absolute atomic E-state index is 0.218. The van der Waals surface area contributed by atoms with E-state index in [1.54, 1.807) is 14.2 Å². The van der Waals surface area contributed by atoms with Crippen LogP contribution in [0, 0.1) is 5.41 Å². The first-order chi connectivity index (χ1) is 14.7. The van der Waals surface area contributed by atoms with Gasteiger partial charge in [-0.1, -0.05) is 42.5 Å². The van der Waals surface area contributed by atoms with E-state index in [-0.39, 0.29) is 12.0 Å². The van der Waals surface area contributed by atoms with Crippen LogP contribution < -0.4 is 14.8 Å². The van der Waals surface area contributed by atoms with Crippen LogP contribution in [0.2, 0.25) is 0 Å². The Morgan fingerprint density at radius 2 is 1.70 bits per heavy atom. The summed E-state index contributed by atoms with van der Waals surface area (Å²) in [4.78, 5) is 4.74. The van der Waals surface area contributed by atoms with Gasteiger partial charge in [0, 0.05) is 11.6 Å². The van der Waals surface area contributed by atoms with Crippen LogP contribution in [0.3, 0.4) is 0 Å². The van der Waals surface area contributed by atoms with E-state index in [1.807, 2.05) is 65.2 Å². The highest BCUT2D eigenvalue weighted by molar-refractivity contribution is 6.01. The molecule has 2 heterocycles. The Balaban J connectivity index is 1.72. The molecule has 0 aliphatic carbocycles. The third kappa shape index (κ3) is 2.80. The first-order valence-corrected chi connectivity index (χ1v) is 9.81. The SMILES string of the molecule is COc1ccc(C2Nc3nc4ccccc4n3C(=N)C2c2ccccc2)c(OC)c1. The fourth-order valence-corrected chi connectivity index (χ4v) is 4.23. The number of nitrogens with zero attached hydrogens (tertiary/aromatic N) is 2. The van der Waals surface area contributed by atoms with E-state index in [0.29, 0.717) is 17.5 Å². The highest BCUT2D eigenvalue weighted by atomic mass is 16.5. The molecule has 0 radical (unpaired) electrons. The summed E-state index contributed by atoms with van der Waals surface area (Å²) in [5.74, 6) is 2.36. The highest BCUT2D eigenvalue weighted by Gasteiger charge is 2.38. The fourth-order valence-electron chi connectivity index (χ4n) is 4.23. The molecule has 0 fully saturated rings. The molecule has 1 aliphatic rings. The summed E-state index contributed by atoms with van der Waals surface area (Å²) in [5, 5.41) is 12.8. The zero-order valence-corrected chi connectivity index (χ0v) is 16.8. The van der Waals surface area contributed by atoms with Crippen molar-refractivity contribution in [2.45, 2.75) is 12.0 Å². The highest BCUT2D eigenvalue weighted by Crippen LogP contribution is 2.44. The van der Waals surface area contributed by atoms with Gasteiger partial charge in [-0.15, -0.1) is 0 Å². The third-order valence-corrected chi connectivity index (χ3v) is 5.65. The second kappa shape index (κ2) is 7.22. The lowest BCUT2D eigenvalue weighted by Crippen LogP contribution is -2.36. The van der Waals surface area contributed by atoms with Gasteiger partial charge >= 0.3 is 0 Å². The summed E-state index contributed by atoms with van der Waals surface area (Å²) < 4.78 is 13.0. The maximum Gasteiger partial charge on any atom is 0.210 e. The maximum atomic E-state index is 9.17. The molecule has 0 saturated heterocycles. The quantitative estimate of drug-likeness (QED) is 0.516. The molecule has 2 unspecified atom stereocenters. The van der Waals surface area contributed by atoms with Crippen LogP contribution in [-0.4, -0.2) is 29.6 Å². The number of rotatable bonds is 4. The van der Waals surface area contributed by atoms with E-state index in [1.165, 1.54) is 0 Å². The molecule has 4 aromatic rings. The van der Waals surface area contributed by atoms with Crippen molar-refractivity contribution in [3.05, 3.63) is 83.9 Å². The number of anilines is 1. The number of para-hydroxylation sites is 2. The van der Waals surface area contributed by atoms with Crippen LogP contribution in [0.4, 0.5) is 5.95 Å². The Morgan fingerprint density at radius 1 is 0.933 bits per heavy atom. The number of imidazole rings is 1. The molecule has 1 aliphatic heterocycles. The molecule has 0 spiro atoms. The molecule has 0 saturated carbocycles. The lowest BCUT2D eigenvalue weighted by atomic mass is 9.84. The molecule has 2 N–H and O–H groups in total. The largest absolute Gasteiger partial charge is 0.497 e. The van der Waals surface area contributed by atoms with E-state index < -0.39 is 0 Å². The fraction of sp³-hybridized carbons (Fsp3) is 0.167. The summed E-state index contributed by atoms with van der Waals surface area (Å²) in [6.45, 7) is 0. The number of benzene rings is 3. The number of ether oxygens (including phenoxy) is 2. The van der Waals surface area contributed by atoms with Crippen LogP contribution in [0.25, 0.3) is 11.0 Å². The van der Waals surface area contributed by atoms with Gasteiger partial charge in [-0.2, -0.15) is 0 Å². The monoisotopic (exact) mass is 398 g/mol. The summed E-state index contributed by atoms with van der Waals surface area (Å²) >= 11 is 0. The molecule has 30 heavy (non-hydrogen) atoms. The molecule has 1 aromatic heterocycles. The van der Waals surface area contributed by atoms with Crippen molar-refractivity contribution in [3.63, 3.8) is 0 Å². The molecular weight excluding hydrogens is 376 g/mol. The Labute approximate surface area is 174 Å². The van der Waals surface area contributed by atoms with Crippen molar-refractivity contribution in [3.8, 4) is 11.5 Å². The summed E-state index contributed by atoms with van der Waals surface area (Å²) in [5.41, 5.74) is 3.79. The van der Waals surface area contributed by atoms with E-state index in [9.17, 15) is 0 Å². The van der Waals surface area contributed by atoms with E-state index in [4.69, 9.17) is 19.9 Å². The molecule has 150 valence electrons. The third-order valence-electron chi connectivity index (χ3n) is 5.65. The number of methoxy groups -OCH3 is 2. The van der Waals surface area contributed by atoms with Gasteiger partial charge in [0.2, 0.25) is 5.95 Å². The molecule has 3 aromatic carbocycles. The van der Waals surface area contributed by atoms with Crippen LogP contribution in [0.15, 0.2) is 72.8 Å². The van der Waals surface area contributed by atoms with Crippen LogP contribution in [-0.2, 0) is 0 Å². The number of fused-ring (bicyclic) bond motifs is 3. The van der Waals surface area contributed by atoms with Crippen LogP contribution >= 0.6 is 0 Å². The Kier molecular flexibility index (Phi) is 4.39. The number of hydrogen-bond donors (Lipinski definition) is 2. The van der Waals surface area contributed by atoms with Crippen molar-refractivity contribution >= 4 is 22.8 Å². The van der Waals surface area contributed by atoms with Crippen molar-refractivity contribution in [2.24, 2.45) is 0 Å². The lowest BCUT2D eigenvalue weighted by Gasteiger charge is -2.35. The number of aromatic nitrogens is 2. The Bertz CT molecular complexity index is 1230. The van der Waals surface area contributed by atoms with E-state index in [2.05, 4.69) is 17.4 Å². The van der Waals surface area contributed by atoms with Gasteiger partial charge in [0.1, 0.15) is 17.3 Å². The predicted octanol–water partition coefficient (Wildman–Crippen LogP) is 4.83. The van der Waals surface area contributed by atoms with E-state index in [0.717, 1.165) is 27.9 Å². The summed E-state index contributed by atoms with van der Waals surface area (Å²) in [7, 11) is 3.29.